The fraction of sp³-hybridized carbons (Fsp3) is 0.222. The third-order valence-corrected chi connectivity index (χ3v) is 2.53. The van der Waals surface area contributed by atoms with Crippen molar-refractivity contribution in [2.45, 2.75) is 6.42 Å². The number of aromatic nitrogens is 3. The van der Waals surface area contributed by atoms with Crippen LogP contribution >= 0.6 is 11.3 Å². The van der Waals surface area contributed by atoms with Gasteiger partial charge in [-0.05, 0) is 6.07 Å². The molecule has 0 aliphatic carbocycles. The molecule has 14 heavy (non-hydrogen) atoms. The lowest BCUT2D eigenvalue weighted by atomic mass is 10.3. The number of nitrogens with one attached hydrogen (secondary N) is 1. The monoisotopic (exact) mass is 206 g/mol. The molecule has 2 aromatic rings. The van der Waals surface area contributed by atoms with Gasteiger partial charge < -0.3 is 5.32 Å². The van der Waals surface area contributed by atoms with E-state index in [0.29, 0.717) is 5.95 Å². The molecule has 0 spiro atoms. The maximum atomic E-state index is 4.31. The van der Waals surface area contributed by atoms with Crippen LogP contribution in [-0.2, 0) is 6.42 Å². The molecule has 0 aliphatic rings. The molecule has 0 atom stereocenters. The molecule has 2 rings (SSSR count). The first kappa shape index (κ1) is 9.08. The summed E-state index contributed by atoms with van der Waals surface area (Å²) in [6.07, 6.45) is 4.33. The lowest BCUT2D eigenvalue weighted by Gasteiger charge is -2.00. The molecule has 2 aromatic heterocycles. The number of anilines is 1. The Morgan fingerprint density at radius 3 is 3.00 bits per heavy atom. The standard InChI is InChI=1S/C9H10N4S/c1-10-9-12-3-2-7(13-9)6-8-11-4-5-14-8/h2-5H,6H2,1H3,(H,10,12,13). The SMILES string of the molecule is CNc1nccc(Cc2nccs2)n1. The summed E-state index contributed by atoms with van der Waals surface area (Å²) < 4.78 is 0. The molecule has 2 heterocycles. The molecule has 1 N–H and O–H groups in total. The van der Waals surface area contributed by atoms with Crippen LogP contribution in [0.3, 0.4) is 0 Å². The summed E-state index contributed by atoms with van der Waals surface area (Å²) >= 11 is 1.64. The molecule has 0 radical (unpaired) electrons. The van der Waals surface area contributed by atoms with E-state index in [0.717, 1.165) is 17.1 Å². The predicted molar refractivity (Wildman–Crippen MR) is 56.5 cm³/mol. The Labute approximate surface area is 86.1 Å². The maximum absolute atomic E-state index is 4.31. The van der Waals surface area contributed by atoms with Crippen LogP contribution in [0.4, 0.5) is 5.95 Å². The van der Waals surface area contributed by atoms with Gasteiger partial charge in [-0.3, -0.25) is 0 Å². The van der Waals surface area contributed by atoms with Crippen molar-refractivity contribution < 1.29 is 0 Å². The van der Waals surface area contributed by atoms with Gasteiger partial charge in [0.1, 0.15) is 0 Å². The number of nitrogens with zero attached hydrogens (tertiary/aromatic N) is 3. The van der Waals surface area contributed by atoms with Gasteiger partial charge in [-0.1, -0.05) is 0 Å². The first-order valence-corrected chi connectivity index (χ1v) is 5.14. The van der Waals surface area contributed by atoms with Gasteiger partial charge in [0.25, 0.3) is 0 Å². The van der Waals surface area contributed by atoms with E-state index < -0.39 is 0 Å². The normalized spacial score (nSPS) is 10.1. The highest BCUT2D eigenvalue weighted by Crippen LogP contribution is 2.10. The van der Waals surface area contributed by atoms with Gasteiger partial charge in [0, 0.05) is 31.2 Å². The third-order valence-electron chi connectivity index (χ3n) is 1.75. The van der Waals surface area contributed by atoms with Crippen LogP contribution < -0.4 is 5.32 Å². The summed E-state index contributed by atoms with van der Waals surface area (Å²) in [7, 11) is 1.81. The number of thiazole rings is 1. The van der Waals surface area contributed by atoms with Gasteiger partial charge in [-0.25, -0.2) is 15.0 Å². The summed E-state index contributed by atoms with van der Waals surface area (Å²) in [4.78, 5) is 12.6. The van der Waals surface area contributed by atoms with E-state index in [9.17, 15) is 0 Å². The highest BCUT2D eigenvalue weighted by molar-refractivity contribution is 7.09. The highest BCUT2D eigenvalue weighted by Gasteiger charge is 2.01. The van der Waals surface area contributed by atoms with Crippen molar-refractivity contribution in [2.75, 3.05) is 12.4 Å². The van der Waals surface area contributed by atoms with Crippen molar-refractivity contribution in [3.05, 3.63) is 34.5 Å². The smallest absolute Gasteiger partial charge is 0.222 e. The average molecular weight is 206 g/mol. The Bertz CT molecular complexity index is 399. The largest absolute Gasteiger partial charge is 0.357 e. The fourth-order valence-corrected chi connectivity index (χ4v) is 1.74. The molecular weight excluding hydrogens is 196 g/mol. The van der Waals surface area contributed by atoms with Gasteiger partial charge in [0.15, 0.2) is 0 Å². The van der Waals surface area contributed by atoms with E-state index in [2.05, 4.69) is 20.3 Å². The van der Waals surface area contributed by atoms with E-state index in [4.69, 9.17) is 0 Å². The summed E-state index contributed by atoms with van der Waals surface area (Å²) in [5, 5.41) is 5.95. The Kier molecular flexibility index (Phi) is 2.69. The average Bonchev–Trinajstić information content (AvgIpc) is 2.71. The Balaban J connectivity index is 2.17. The molecular formula is C9H10N4S. The van der Waals surface area contributed by atoms with Crippen LogP contribution in [0.2, 0.25) is 0 Å². The van der Waals surface area contributed by atoms with Gasteiger partial charge in [0.05, 0.1) is 10.7 Å². The predicted octanol–water partition coefficient (Wildman–Crippen LogP) is 1.57. The molecule has 0 aliphatic heterocycles. The Morgan fingerprint density at radius 1 is 1.36 bits per heavy atom. The second-order valence-electron chi connectivity index (χ2n) is 2.72. The van der Waals surface area contributed by atoms with Gasteiger partial charge in [0.2, 0.25) is 5.95 Å². The molecule has 0 saturated carbocycles. The minimum atomic E-state index is 0.652. The quantitative estimate of drug-likeness (QED) is 0.828. The highest BCUT2D eigenvalue weighted by atomic mass is 32.1. The molecule has 0 aromatic carbocycles. The van der Waals surface area contributed by atoms with E-state index >= 15 is 0 Å². The van der Waals surface area contributed by atoms with Crippen LogP contribution in [0.15, 0.2) is 23.8 Å². The van der Waals surface area contributed by atoms with Gasteiger partial charge in [-0.2, -0.15) is 0 Å². The van der Waals surface area contributed by atoms with Crippen LogP contribution in [0.5, 0.6) is 0 Å². The first-order chi connectivity index (χ1) is 6.88. The number of rotatable bonds is 3. The van der Waals surface area contributed by atoms with Crippen molar-refractivity contribution in [3.8, 4) is 0 Å². The second kappa shape index (κ2) is 4.15. The van der Waals surface area contributed by atoms with Gasteiger partial charge in [-0.15, -0.1) is 11.3 Å². The molecule has 0 unspecified atom stereocenters. The van der Waals surface area contributed by atoms with Crippen LogP contribution in [0.25, 0.3) is 0 Å². The molecule has 0 amide bonds. The van der Waals surface area contributed by atoms with Crippen LogP contribution in [0, 0.1) is 0 Å². The van der Waals surface area contributed by atoms with Crippen molar-refractivity contribution >= 4 is 17.3 Å². The topological polar surface area (TPSA) is 50.7 Å². The summed E-state index contributed by atoms with van der Waals surface area (Å²) in [6.45, 7) is 0. The zero-order valence-corrected chi connectivity index (χ0v) is 8.58. The summed E-state index contributed by atoms with van der Waals surface area (Å²) in [6, 6.07) is 1.90. The van der Waals surface area contributed by atoms with Crippen molar-refractivity contribution in [1.29, 1.82) is 0 Å². The molecule has 72 valence electrons. The van der Waals surface area contributed by atoms with Crippen molar-refractivity contribution in [1.82, 2.24) is 15.0 Å². The van der Waals surface area contributed by atoms with Crippen molar-refractivity contribution in [3.63, 3.8) is 0 Å². The summed E-state index contributed by atoms with van der Waals surface area (Å²) in [5.41, 5.74) is 0.985. The van der Waals surface area contributed by atoms with E-state index in [1.165, 1.54) is 0 Å². The van der Waals surface area contributed by atoms with Crippen LogP contribution in [0.1, 0.15) is 10.7 Å². The molecule has 0 saturated heterocycles. The zero-order valence-electron chi connectivity index (χ0n) is 7.77. The van der Waals surface area contributed by atoms with Gasteiger partial charge >= 0.3 is 0 Å². The lowest BCUT2D eigenvalue weighted by molar-refractivity contribution is 1.01. The maximum Gasteiger partial charge on any atom is 0.222 e. The minimum Gasteiger partial charge on any atom is -0.357 e. The Morgan fingerprint density at radius 2 is 2.29 bits per heavy atom. The number of hydrogen-bond donors (Lipinski definition) is 1. The van der Waals surface area contributed by atoms with Crippen LogP contribution in [-0.4, -0.2) is 22.0 Å². The molecule has 0 bridgehead atoms. The number of hydrogen-bond acceptors (Lipinski definition) is 5. The first-order valence-electron chi connectivity index (χ1n) is 4.26. The van der Waals surface area contributed by atoms with E-state index in [1.54, 1.807) is 23.7 Å². The summed E-state index contributed by atoms with van der Waals surface area (Å²) in [5.74, 6) is 0.652. The Hall–Kier alpha value is -1.49. The lowest BCUT2D eigenvalue weighted by Crippen LogP contribution is -1.99. The third kappa shape index (κ3) is 2.05. The molecule has 4 nitrogen and oxygen atoms in total. The van der Waals surface area contributed by atoms with Crippen molar-refractivity contribution in [2.24, 2.45) is 0 Å². The minimum absolute atomic E-state index is 0.652. The van der Waals surface area contributed by atoms with E-state index in [-0.39, 0.29) is 0 Å². The fourth-order valence-electron chi connectivity index (χ4n) is 1.11. The zero-order chi connectivity index (χ0) is 9.80. The van der Waals surface area contributed by atoms with E-state index in [1.807, 2.05) is 18.5 Å². The second-order valence-corrected chi connectivity index (χ2v) is 3.70. The molecule has 0 fully saturated rings. The molecule has 5 heteroatoms.